The Balaban J connectivity index is 2.05. The first-order valence-corrected chi connectivity index (χ1v) is 7.69. The molecule has 0 saturated carbocycles. The third-order valence-electron chi connectivity index (χ3n) is 3.25. The van der Waals surface area contributed by atoms with E-state index in [-0.39, 0.29) is 10.9 Å². The van der Waals surface area contributed by atoms with Crippen LogP contribution < -0.4 is 5.32 Å². The molecule has 1 amide bonds. The van der Waals surface area contributed by atoms with Crippen molar-refractivity contribution in [2.45, 2.75) is 13.8 Å². The molecule has 0 unspecified atom stereocenters. The van der Waals surface area contributed by atoms with E-state index in [1.54, 1.807) is 19.9 Å². The maximum atomic E-state index is 12.6. The van der Waals surface area contributed by atoms with Crippen molar-refractivity contribution < 1.29 is 9.32 Å². The molecule has 2 heterocycles. The Labute approximate surface area is 146 Å². The van der Waals surface area contributed by atoms with Gasteiger partial charge in [0, 0.05) is 5.69 Å². The van der Waals surface area contributed by atoms with Gasteiger partial charge >= 0.3 is 0 Å². The average molecular weight is 371 g/mol. The van der Waals surface area contributed by atoms with Gasteiger partial charge in [0.1, 0.15) is 0 Å². The summed E-state index contributed by atoms with van der Waals surface area (Å²) in [6.07, 6.45) is 0. The summed E-state index contributed by atoms with van der Waals surface area (Å²) in [6, 6.07) is 4.63. The Morgan fingerprint density at radius 3 is 2.52 bits per heavy atom. The Morgan fingerprint density at radius 1 is 1.09 bits per heavy atom. The number of anilines is 1. The molecule has 0 bridgehead atoms. The molecule has 0 radical (unpaired) electrons. The molecule has 0 spiro atoms. The number of aryl methyl sites for hydroxylation is 2. The van der Waals surface area contributed by atoms with Crippen molar-refractivity contribution in [3.63, 3.8) is 0 Å². The molecular formula is C15H10Cl3N3O2. The molecule has 0 fully saturated rings. The maximum absolute atomic E-state index is 12.6. The first kappa shape index (κ1) is 16.1. The lowest BCUT2D eigenvalue weighted by Gasteiger charge is -2.10. The van der Waals surface area contributed by atoms with E-state index in [4.69, 9.17) is 39.3 Å². The molecule has 5 nitrogen and oxygen atoms in total. The van der Waals surface area contributed by atoms with Crippen LogP contribution in [0.4, 0.5) is 5.69 Å². The number of amides is 1. The van der Waals surface area contributed by atoms with Crippen LogP contribution in [0.2, 0.25) is 15.1 Å². The van der Waals surface area contributed by atoms with Gasteiger partial charge in [-0.05, 0) is 32.0 Å². The van der Waals surface area contributed by atoms with Crippen molar-refractivity contribution in [2.24, 2.45) is 0 Å². The number of nitrogens with one attached hydrogen (secondary N) is 1. The van der Waals surface area contributed by atoms with Gasteiger partial charge in [0.25, 0.3) is 11.6 Å². The largest absolute Gasteiger partial charge is 0.336 e. The SMILES string of the molecule is Cc1cc(C(=O)Nc2cc(Cl)c(Cl)cc2Cl)c2c(C)noc2n1. The van der Waals surface area contributed by atoms with Crippen molar-refractivity contribution in [1.82, 2.24) is 10.1 Å². The van der Waals surface area contributed by atoms with E-state index in [0.29, 0.717) is 43.8 Å². The summed E-state index contributed by atoms with van der Waals surface area (Å²) < 4.78 is 5.12. The van der Waals surface area contributed by atoms with Gasteiger partial charge in [-0.1, -0.05) is 40.0 Å². The van der Waals surface area contributed by atoms with Crippen LogP contribution in [-0.4, -0.2) is 16.0 Å². The molecule has 1 N–H and O–H groups in total. The number of nitrogens with zero attached hydrogens (tertiary/aromatic N) is 2. The average Bonchev–Trinajstić information content (AvgIpc) is 2.85. The van der Waals surface area contributed by atoms with Crippen molar-refractivity contribution in [2.75, 3.05) is 5.32 Å². The lowest BCUT2D eigenvalue weighted by atomic mass is 10.1. The van der Waals surface area contributed by atoms with Crippen LogP contribution in [0.1, 0.15) is 21.7 Å². The van der Waals surface area contributed by atoms with Gasteiger partial charge in [0.2, 0.25) is 0 Å². The van der Waals surface area contributed by atoms with Crippen LogP contribution in [0, 0.1) is 13.8 Å². The maximum Gasteiger partial charge on any atom is 0.258 e. The fourth-order valence-electron chi connectivity index (χ4n) is 2.20. The normalized spacial score (nSPS) is 11.0. The molecule has 0 aliphatic heterocycles. The lowest BCUT2D eigenvalue weighted by molar-refractivity contribution is 0.102. The third kappa shape index (κ3) is 3.00. The Hall–Kier alpha value is -1.82. The van der Waals surface area contributed by atoms with E-state index >= 15 is 0 Å². The van der Waals surface area contributed by atoms with Crippen molar-refractivity contribution >= 4 is 57.5 Å². The molecule has 118 valence electrons. The molecule has 0 saturated heterocycles. The molecule has 2 aromatic heterocycles. The van der Waals surface area contributed by atoms with E-state index in [1.165, 1.54) is 12.1 Å². The van der Waals surface area contributed by atoms with Gasteiger partial charge in [0.05, 0.1) is 37.4 Å². The van der Waals surface area contributed by atoms with E-state index < -0.39 is 0 Å². The van der Waals surface area contributed by atoms with Crippen molar-refractivity contribution in [1.29, 1.82) is 0 Å². The molecule has 3 aromatic rings. The molecule has 1 aromatic carbocycles. The van der Waals surface area contributed by atoms with Crippen LogP contribution >= 0.6 is 34.8 Å². The van der Waals surface area contributed by atoms with Gasteiger partial charge in [0.15, 0.2) is 0 Å². The highest BCUT2D eigenvalue weighted by Crippen LogP contribution is 2.33. The Kier molecular flexibility index (Phi) is 4.19. The summed E-state index contributed by atoms with van der Waals surface area (Å²) in [4.78, 5) is 16.9. The summed E-state index contributed by atoms with van der Waals surface area (Å²) >= 11 is 17.9. The van der Waals surface area contributed by atoms with Crippen molar-refractivity contribution in [3.05, 3.63) is 50.2 Å². The summed E-state index contributed by atoms with van der Waals surface area (Å²) in [5, 5.41) is 8.02. The fourth-order valence-corrected chi connectivity index (χ4v) is 2.80. The smallest absolute Gasteiger partial charge is 0.258 e. The van der Waals surface area contributed by atoms with Gasteiger partial charge in [-0.25, -0.2) is 4.98 Å². The zero-order valence-corrected chi connectivity index (χ0v) is 14.3. The van der Waals surface area contributed by atoms with Gasteiger partial charge in [-0.2, -0.15) is 0 Å². The second kappa shape index (κ2) is 6.00. The highest BCUT2D eigenvalue weighted by Gasteiger charge is 2.19. The summed E-state index contributed by atoms with van der Waals surface area (Å²) in [6.45, 7) is 3.51. The van der Waals surface area contributed by atoms with Crippen LogP contribution in [0.25, 0.3) is 11.1 Å². The molecule has 8 heteroatoms. The van der Waals surface area contributed by atoms with Crippen LogP contribution in [0.15, 0.2) is 22.7 Å². The number of fused-ring (bicyclic) bond motifs is 1. The molecular weight excluding hydrogens is 361 g/mol. The molecule has 3 rings (SSSR count). The minimum Gasteiger partial charge on any atom is -0.336 e. The molecule has 23 heavy (non-hydrogen) atoms. The van der Waals surface area contributed by atoms with E-state index in [1.807, 2.05) is 0 Å². The van der Waals surface area contributed by atoms with Gasteiger partial charge < -0.3 is 9.84 Å². The van der Waals surface area contributed by atoms with Crippen LogP contribution in [0.3, 0.4) is 0 Å². The van der Waals surface area contributed by atoms with E-state index in [2.05, 4.69) is 15.5 Å². The number of aromatic nitrogens is 2. The Bertz CT molecular complexity index is 937. The third-order valence-corrected chi connectivity index (χ3v) is 4.28. The molecule has 0 aliphatic rings. The standard InChI is InChI=1S/C15H10Cl3N3O2/c1-6-3-8(13-7(2)21-23-15(13)19-6)14(22)20-12-5-10(17)9(16)4-11(12)18/h3-5H,1-2H3,(H,20,22). The summed E-state index contributed by atoms with van der Waals surface area (Å²) in [5.74, 6) is -0.368. The van der Waals surface area contributed by atoms with E-state index in [9.17, 15) is 4.79 Å². The topological polar surface area (TPSA) is 68.0 Å². The minimum atomic E-state index is -0.368. The van der Waals surface area contributed by atoms with Crippen molar-refractivity contribution in [3.8, 4) is 0 Å². The van der Waals surface area contributed by atoms with Crippen LogP contribution in [-0.2, 0) is 0 Å². The predicted octanol–water partition coefficient (Wildman–Crippen LogP) is 5.05. The second-order valence-electron chi connectivity index (χ2n) is 4.96. The quantitative estimate of drug-likeness (QED) is 0.641. The highest BCUT2D eigenvalue weighted by atomic mass is 35.5. The van der Waals surface area contributed by atoms with Gasteiger partial charge in [-0.15, -0.1) is 0 Å². The fraction of sp³-hybridized carbons (Fsp3) is 0.133. The number of halogens is 3. The van der Waals surface area contributed by atoms with Gasteiger partial charge in [-0.3, -0.25) is 4.79 Å². The molecule has 0 aliphatic carbocycles. The number of hydrogen-bond acceptors (Lipinski definition) is 4. The molecule has 0 atom stereocenters. The number of benzene rings is 1. The first-order valence-electron chi connectivity index (χ1n) is 6.56. The number of rotatable bonds is 2. The number of carbonyl (C=O) groups is 1. The predicted molar refractivity (Wildman–Crippen MR) is 90.7 cm³/mol. The zero-order chi connectivity index (χ0) is 16.7. The van der Waals surface area contributed by atoms with E-state index in [0.717, 1.165) is 0 Å². The zero-order valence-electron chi connectivity index (χ0n) is 12.1. The first-order chi connectivity index (χ1) is 10.9. The summed E-state index contributed by atoms with van der Waals surface area (Å²) in [7, 11) is 0. The minimum absolute atomic E-state index is 0.289. The highest BCUT2D eigenvalue weighted by molar-refractivity contribution is 6.44. The Morgan fingerprint density at radius 2 is 1.78 bits per heavy atom. The number of hydrogen-bond donors (Lipinski definition) is 1. The lowest BCUT2D eigenvalue weighted by Crippen LogP contribution is -2.13. The van der Waals surface area contributed by atoms with Crippen LogP contribution in [0.5, 0.6) is 0 Å². The number of carbonyl (C=O) groups excluding carboxylic acids is 1. The summed E-state index contributed by atoms with van der Waals surface area (Å²) in [5.41, 5.74) is 2.29. The second-order valence-corrected chi connectivity index (χ2v) is 6.18. The number of pyridine rings is 1. The monoisotopic (exact) mass is 369 g/mol.